The number of esters is 1. The van der Waals surface area contributed by atoms with Gasteiger partial charge >= 0.3 is 5.97 Å². The summed E-state index contributed by atoms with van der Waals surface area (Å²) in [5.41, 5.74) is 1.36. The third-order valence-electron chi connectivity index (χ3n) is 3.75. The smallest absolute Gasteiger partial charge is 0.337 e. The second kappa shape index (κ2) is 9.36. The van der Waals surface area contributed by atoms with Gasteiger partial charge in [0.05, 0.1) is 18.7 Å². The van der Waals surface area contributed by atoms with Gasteiger partial charge < -0.3 is 14.8 Å². The van der Waals surface area contributed by atoms with Crippen LogP contribution >= 0.6 is 0 Å². The second-order valence-corrected chi connectivity index (χ2v) is 5.73. The number of hydrogen-bond donors (Lipinski definition) is 1. The number of amides is 1. The Balaban J connectivity index is 1.88. The van der Waals surface area contributed by atoms with Crippen molar-refractivity contribution in [1.82, 2.24) is 5.32 Å². The zero-order valence-electron chi connectivity index (χ0n) is 14.7. The van der Waals surface area contributed by atoms with Gasteiger partial charge in [-0.25, -0.2) is 4.79 Å². The molecule has 0 radical (unpaired) electrons. The Morgan fingerprint density at radius 1 is 1.00 bits per heavy atom. The monoisotopic (exact) mass is 355 g/mol. The largest absolute Gasteiger partial charge is 0.484 e. The number of hydrogen-bond acceptors (Lipinski definition) is 5. The Hall–Kier alpha value is -3.15. The van der Waals surface area contributed by atoms with Crippen LogP contribution in [0.15, 0.2) is 54.6 Å². The lowest BCUT2D eigenvalue weighted by Crippen LogP contribution is -2.43. The van der Waals surface area contributed by atoms with Crippen LogP contribution in [-0.2, 0) is 20.7 Å². The maximum absolute atomic E-state index is 12.1. The normalized spacial score (nSPS) is 11.3. The molecule has 0 aliphatic carbocycles. The lowest BCUT2D eigenvalue weighted by Gasteiger charge is -2.16. The van der Waals surface area contributed by atoms with Crippen LogP contribution in [-0.4, -0.2) is 37.4 Å². The number of ether oxygens (including phenoxy) is 2. The van der Waals surface area contributed by atoms with E-state index in [0.29, 0.717) is 17.7 Å². The minimum atomic E-state index is -0.602. The fraction of sp³-hybridized carbons (Fsp3) is 0.250. The molecule has 0 fully saturated rings. The van der Waals surface area contributed by atoms with Crippen LogP contribution in [0.5, 0.6) is 5.75 Å². The van der Waals surface area contributed by atoms with E-state index in [4.69, 9.17) is 4.74 Å². The summed E-state index contributed by atoms with van der Waals surface area (Å²) in [6, 6.07) is 15.1. The lowest BCUT2D eigenvalue weighted by atomic mass is 10.0. The standard InChI is InChI=1S/C20H21NO5/c1-14(22)18(12-15-6-4-3-5-7-15)21-19(23)13-26-17-10-8-16(9-11-17)20(24)25-2/h3-11,18H,12-13H2,1-2H3,(H,21,23). The summed E-state index contributed by atoms with van der Waals surface area (Å²) < 4.78 is 10.0. The Labute approximate surface area is 152 Å². The van der Waals surface area contributed by atoms with Crippen molar-refractivity contribution in [2.24, 2.45) is 0 Å². The van der Waals surface area contributed by atoms with Crippen LogP contribution in [0.1, 0.15) is 22.8 Å². The maximum Gasteiger partial charge on any atom is 0.337 e. The van der Waals surface area contributed by atoms with E-state index >= 15 is 0 Å². The van der Waals surface area contributed by atoms with Crippen LogP contribution in [0, 0.1) is 0 Å². The quantitative estimate of drug-likeness (QED) is 0.734. The van der Waals surface area contributed by atoms with Crippen LogP contribution < -0.4 is 10.1 Å². The Kier molecular flexibility index (Phi) is 6.91. The van der Waals surface area contributed by atoms with E-state index in [1.165, 1.54) is 14.0 Å². The highest BCUT2D eigenvalue weighted by atomic mass is 16.5. The molecular weight excluding hydrogens is 334 g/mol. The molecule has 2 aromatic carbocycles. The zero-order valence-corrected chi connectivity index (χ0v) is 14.7. The maximum atomic E-state index is 12.1. The van der Waals surface area contributed by atoms with Crippen molar-refractivity contribution in [3.8, 4) is 5.75 Å². The molecule has 1 atom stereocenters. The van der Waals surface area contributed by atoms with Gasteiger partial charge in [0.1, 0.15) is 5.75 Å². The van der Waals surface area contributed by atoms with Gasteiger partial charge in [0.2, 0.25) is 0 Å². The highest BCUT2D eigenvalue weighted by molar-refractivity contribution is 5.89. The van der Waals surface area contributed by atoms with Crippen molar-refractivity contribution in [2.45, 2.75) is 19.4 Å². The van der Waals surface area contributed by atoms with Gasteiger partial charge in [0, 0.05) is 0 Å². The second-order valence-electron chi connectivity index (χ2n) is 5.73. The SMILES string of the molecule is COC(=O)c1ccc(OCC(=O)NC(Cc2ccccc2)C(C)=O)cc1. The van der Waals surface area contributed by atoms with E-state index in [2.05, 4.69) is 10.1 Å². The third-order valence-corrected chi connectivity index (χ3v) is 3.75. The van der Waals surface area contributed by atoms with Crippen LogP contribution in [0.2, 0.25) is 0 Å². The minimum absolute atomic E-state index is 0.121. The first-order valence-corrected chi connectivity index (χ1v) is 8.14. The summed E-state index contributed by atoms with van der Waals surface area (Å²) in [7, 11) is 1.30. The number of nitrogens with one attached hydrogen (secondary N) is 1. The molecule has 136 valence electrons. The van der Waals surface area contributed by atoms with E-state index in [-0.39, 0.29) is 12.4 Å². The fourth-order valence-electron chi connectivity index (χ4n) is 2.34. The molecular formula is C20H21NO5. The molecule has 26 heavy (non-hydrogen) atoms. The van der Waals surface area contributed by atoms with Gasteiger partial charge in [0.15, 0.2) is 12.4 Å². The van der Waals surface area contributed by atoms with Crippen molar-refractivity contribution in [1.29, 1.82) is 0 Å². The van der Waals surface area contributed by atoms with E-state index in [1.807, 2.05) is 30.3 Å². The minimum Gasteiger partial charge on any atom is -0.484 e. The molecule has 0 aromatic heterocycles. The summed E-state index contributed by atoms with van der Waals surface area (Å²) in [4.78, 5) is 35.2. The van der Waals surface area contributed by atoms with Crippen molar-refractivity contribution < 1.29 is 23.9 Å². The molecule has 0 aliphatic heterocycles. The molecule has 0 spiro atoms. The molecule has 2 rings (SSSR count). The van der Waals surface area contributed by atoms with E-state index in [1.54, 1.807) is 24.3 Å². The fourth-order valence-corrected chi connectivity index (χ4v) is 2.34. The first-order valence-electron chi connectivity index (χ1n) is 8.14. The average molecular weight is 355 g/mol. The molecule has 0 aliphatic rings. The number of methoxy groups -OCH3 is 1. The van der Waals surface area contributed by atoms with Crippen molar-refractivity contribution in [3.05, 3.63) is 65.7 Å². The highest BCUT2D eigenvalue weighted by Crippen LogP contribution is 2.13. The Morgan fingerprint density at radius 3 is 2.23 bits per heavy atom. The summed E-state index contributed by atoms with van der Waals surface area (Å²) in [6.07, 6.45) is 0.426. The number of Topliss-reactive ketones (excluding diaryl/α,β-unsaturated/α-hetero) is 1. The number of carbonyl (C=O) groups excluding carboxylic acids is 3. The van der Waals surface area contributed by atoms with Gasteiger partial charge in [-0.2, -0.15) is 0 Å². The van der Waals surface area contributed by atoms with Gasteiger partial charge in [-0.15, -0.1) is 0 Å². The Bertz CT molecular complexity index is 756. The van der Waals surface area contributed by atoms with Gasteiger partial charge in [-0.1, -0.05) is 30.3 Å². The molecule has 6 heteroatoms. The van der Waals surface area contributed by atoms with Gasteiger partial charge in [-0.05, 0) is 43.2 Å². The third kappa shape index (κ3) is 5.73. The van der Waals surface area contributed by atoms with Crippen LogP contribution in [0.3, 0.4) is 0 Å². The predicted octanol–water partition coefficient (Wildman–Crippen LogP) is 2.17. The molecule has 2 aromatic rings. The molecule has 1 unspecified atom stereocenters. The number of benzene rings is 2. The summed E-state index contributed by atoms with van der Waals surface area (Å²) in [6.45, 7) is 1.22. The molecule has 1 amide bonds. The molecule has 0 saturated carbocycles. The van der Waals surface area contributed by atoms with Gasteiger partial charge in [0.25, 0.3) is 5.91 Å². The average Bonchev–Trinajstić information content (AvgIpc) is 2.66. The molecule has 0 heterocycles. The summed E-state index contributed by atoms with van der Waals surface area (Å²) in [5.74, 6) is -0.516. The zero-order chi connectivity index (χ0) is 18.9. The topological polar surface area (TPSA) is 81.7 Å². The first kappa shape index (κ1) is 19.2. The van der Waals surface area contributed by atoms with Crippen LogP contribution in [0.4, 0.5) is 0 Å². The predicted molar refractivity (Wildman–Crippen MR) is 96.0 cm³/mol. The number of carbonyl (C=O) groups is 3. The molecule has 0 bridgehead atoms. The number of rotatable bonds is 8. The molecule has 1 N–H and O–H groups in total. The highest BCUT2D eigenvalue weighted by Gasteiger charge is 2.18. The Morgan fingerprint density at radius 2 is 1.65 bits per heavy atom. The lowest BCUT2D eigenvalue weighted by molar-refractivity contribution is -0.128. The van der Waals surface area contributed by atoms with E-state index in [0.717, 1.165) is 5.56 Å². The van der Waals surface area contributed by atoms with E-state index in [9.17, 15) is 14.4 Å². The van der Waals surface area contributed by atoms with Crippen molar-refractivity contribution in [2.75, 3.05) is 13.7 Å². The van der Waals surface area contributed by atoms with Gasteiger partial charge in [-0.3, -0.25) is 9.59 Å². The van der Waals surface area contributed by atoms with E-state index < -0.39 is 17.9 Å². The first-order chi connectivity index (χ1) is 12.5. The molecule has 0 saturated heterocycles. The van der Waals surface area contributed by atoms with Crippen molar-refractivity contribution >= 4 is 17.7 Å². The number of ketones is 1. The summed E-state index contributed by atoms with van der Waals surface area (Å²) >= 11 is 0. The molecule has 6 nitrogen and oxygen atoms in total. The van der Waals surface area contributed by atoms with Crippen LogP contribution in [0.25, 0.3) is 0 Å². The summed E-state index contributed by atoms with van der Waals surface area (Å²) in [5, 5.41) is 2.69. The van der Waals surface area contributed by atoms with Crippen molar-refractivity contribution in [3.63, 3.8) is 0 Å².